The Labute approximate surface area is 196 Å². The number of benzene rings is 3. The highest BCUT2D eigenvalue weighted by Gasteiger charge is 2.46. The van der Waals surface area contributed by atoms with Crippen molar-refractivity contribution in [2.75, 3.05) is 0 Å². The Morgan fingerprint density at radius 2 is 1.59 bits per heavy atom. The van der Waals surface area contributed by atoms with Gasteiger partial charge in [0.25, 0.3) is 11.7 Å². The number of aryl methyl sites for hydroxylation is 2. The fourth-order valence-electron chi connectivity index (χ4n) is 4.87. The first-order chi connectivity index (χ1) is 16.4. The molecule has 1 saturated heterocycles. The molecule has 0 aromatic heterocycles. The van der Waals surface area contributed by atoms with E-state index in [1.54, 1.807) is 30.3 Å². The van der Waals surface area contributed by atoms with E-state index in [-0.39, 0.29) is 23.6 Å². The molecule has 3 aromatic rings. The van der Waals surface area contributed by atoms with Crippen molar-refractivity contribution in [1.29, 1.82) is 0 Å². The van der Waals surface area contributed by atoms with Gasteiger partial charge < -0.3 is 15.1 Å². The van der Waals surface area contributed by atoms with Gasteiger partial charge in [-0.05, 0) is 78.3 Å². The fourth-order valence-corrected chi connectivity index (χ4v) is 4.87. The van der Waals surface area contributed by atoms with Crippen LogP contribution in [0.3, 0.4) is 0 Å². The molecule has 1 atom stereocenters. The Bertz CT molecular complexity index is 1290. The molecule has 2 N–H and O–H groups in total. The molecular formula is C28H24FNO4. The van der Waals surface area contributed by atoms with E-state index in [1.807, 2.05) is 12.1 Å². The number of hydrogen-bond acceptors (Lipinski definition) is 4. The van der Waals surface area contributed by atoms with Crippen LogP contribution in [0.25, 0.3) is 5.76 Å². The third-order valence-corrected chi connectivity index (χ3v) is 6.64. The molecule has 1 fully saturated rings. The number of phenolic OH excluding ortho intramolecular Hbond substituents is 1. The summed E-state index contributed by atoms with van der Waals surface area (Å²) >= 11 is 0. The Morgan fingerprint density at radius 1 is 0.912 bits per heavy atom. The molecule has 6 heteroatoms. The highest BCUT2D eigenvalue weighted by atomic mass is 19.1. The van der Waals surface area contributed by atoms with Crippen molar-refractivity contribution < 1.29 is 24.2 Å². The van der Waals surface area contributed by atoms with E-state index in [4.69, 9.17) is 0 Å². The van der Waals surface area contributed by atoms with Crippen LogP contribution < -0.4 is 0 Å². The molecule has 1 unspecified atom stereocenters. The third kappa shape index (κ3) is 3.96. The number of Topliss-reactive ketones (excluding diaryl/α,β-unsaturated/α-hetero) is 1. The van der Waals surface area contributed by atoms with E-state index in [9.17, 15) is 24.2 Å². The number of carbonyl (C=O) groups is 2. The molecule has 1 aliphatic heterocycles. The quantitative estimate of drug-likeness (QED) is 0.327. The van der Waals surface area contributed by atoms with Crippen molar-refractivity contribution in [1.82, 2.24) is 4.90 Å². The van der Waals surface area contributed by atoms with E-state index in [0.717, 1.165) is 31.2 Å². The molecule has 0 saturated carbocycles. The number of aliphatic hydroxyl groups is 1. The van der Waals surface area contributed by atoms with Crippen molar-refractivity contribution in [3.63, 3.8) is 0 Å². The van der Waals surface area contributed by atoms with Crippen LogP contribution >= 0.6 is 0 Å². The summed E-state index contributed by atoms with van der Waals surface area (Å²) in [6.07, 6.45) is 4.11. The van der Waals surface area contributed by atoms with Gasteiger partial charge in [0.05, 0.1) is 11.6 Å². The molecular weight excluding hydrogens is 433 g/mol. The zero-order chi connectivity index (χ0) is 23.8. The first-order valence-electron chi connectivity index (χ1n) is 11.4. The molecule has 1 amide bonds. The Kier molecular flexibility index (Phi) is 5.65. The third-order valence-electron chi connectivity index (χ3n) is 6.64. The van der Waals surface area contributed by atoms with E-state index < -0.39 is 23.5 Å². The van der Waals surface area contributed by atoms with Gasteiger partial charge in [-0.1, -0.05) is 36.4 Å². The molecule has 5 nitrogen and oxygen atoms in total. The Balaban J connectivity index is 1.62. The zero-order valence-electron chi connectivity index (χ0n) is 18.5. The molecule has 1 heterocycles. The SMILES string of the molecule is O=C1C(=O)N(Cc2ccc(F)cc2)C(c2ccc(O)cc2)/C1=C(/O)c1ccc2c(c1)CCCC2. The van der Waals surface area contributed by atoms with Crippen molar-refractivity contribution in [2.45, 2.75) is 38.3 Å². The number of ketones is 1. The number of aliphatic hydroxyl groups excluding tert-OH is 1. The number of rotatable bonds is 4. The van der Waals surface area contributed by atoms with Crippen LogP contribution in [0.4, 0.5) is 4.39 Å². The van der Waals surface area contributed by atoms with Crippen molar-refractivity contribution >= 4 is 17.4 Å². The van der Waals surface area contributed by atoms with Gasteiger partial charge in [-0.2, -0.15) is 0 Å². The zero-order valence-corrected chi connectivity index (χ0v) is 18.5. The average molecular weight is 458 g/mol. The van der Waals surface area contributed by atoms with Gasteiger partial charge >= 0.3 is 0 Å². The van der Waals surface area contributed by atoms with Gasteiger partial charge in [-0.25, -0.2) is 4.39 Å². The van der Waals surface area contributed by atoms with Crippen LogP contribution in [0, 0.1) is 5.82 Å². The summed E-state index contributed by atoms with van der Waals surface area (Å²) in [5, 5.41) is 21.0. The number of aromatic hydroxyl groups is 1. The number of hydrogen-bond donors (Lipinski definition) is 2. The minimum atomic E-state index is -0.846. The predicted octanol–water partition coefficient (Wildman–Crippen LogP) is 5.03. The maximum atomic E-state index is 13.4. The van der Waals surface area contributed by atoms with Gasteiger partial charge in [0.2, 0.25) is 0 Å². The molecule has 34 heavy (non-hydrogen) atoms. The lowest BCUT2D eigenvalue weighted by molar-refractivity contribution is -0.140. The summed E-state index contributed by atoms with van der Waals surface area (Å²) in [6, 6.07) is 16.8. The van der Waals surface area contributed by atoms with E-state index in [1.165, 1.54) is 34.7 Å². The minimum absolute atomic E-state index is 0.00793. The monoisotopic (exact) mass is 457 g/mol. The predicted molar refractivity (Wildman–Crippen MR) is 125 cm³/mol. The smallest absolute Gasteiger partial charge is 0.295 e. The van der Waals surface area contributed by atoms with E-state index in [2.05, 4.69) is 0 Å². The maximum Gasteiger partial charge on any atom is 0.295 e. The molecule has 0 bridgehead atoms. The first-order valence-corrected chi connectivity index (χ1v) is 11.4. The first kappa shape index (κ1) is 21.9. The topological polar surface area (TPSA) is 77.8 Å². The minimum Gasteiger partial charge on any atom is -0.508 e. The Morgan fingerprint density at radius 3 is 2.29 bits per heavy atom. The molecule has 1 aliphatic carbocycles. The number of amides is 1. The van der Waals surface area contributed by atoms with Crippen LogP contribution in [-0.2, 0) is 29.0 Å². The summed E-state index contributed by atoms with van der Waals surface area (Å²) in [7, 11) is 0. The van der Waals surface area contributed by atoms with Crippen molar-refractivity contribution in [2.24, 2.45) is 0 Å². The molecule has 2 aliphatic rings. The lowest BCUT2D eigenvalue weighted by Gasteiger charge is -2.25. The normalized spacial score (nSPS) is 19.3. The summed E-state index contributed by atoms with van der Waals surface area (Å²) in [6.45, 7) is 0.0668. The number of likely N-dealkylation sites (tertiary alicyclic amines) is 1. The molecule has 5 rings (SSSR count). The number of nitrogens with zero attached hydrogens (tertiary/aromatic N) is 1. The number of halogens is 1. The van der Waals surface area contributed by atoms with Gasteiger partial charge in [0.1, 0.15) is 17.3 Å². The second kappa shape index (κ2) is 8.78. The van der Waals surface area contributed by atoms with Crippen LogP contribution in [0.2, 0.25) is 0 Å². The average Bonchev–Trinajstić information content (AvgIpc) is 3.10. The lowest BCUT2D eigenvalue weighted by atomic mass is 9.88. The van der Waals surface area contributed by atoms with Gasteiger partial charge in [-0.15, -0.1) is 0 Å². The van der Waals surface area contributed by atoms with Crippen LogP contribution in [-0.4, -0.2) is 26.8 Å². The summed E-state index contributed by atoms with van der Waals surface area (Å²) < 4.78 is 13.4. The number of carbonyl (C=O) groups excluding carboxylic acids is 2. The molecule has 3 aromatic carbocycles. The molecule has 0 radical (unpaired) electrons. The van der Waals surface area contributed by atoms with E-state index in [0.29, 0.717) is 16.7 Å². The summed E-state index contributed by atoms with van der Waals surface area (Å²) in [5.41, 5.74) is 4.14. The molecule has 172 valence electrons. The van der Waals surface area contributed by atoms with Crippen molar-refractivity contribution in [3.8, 4) is 5.75 Å². The van der Waals surface area contributed by atoms with Crippen molar-refractivity contribution in [3.05, 3.63) is 106 Å². The van der Waals surface area contributed by atoms with Gasteiger partial charge in [0, 0.05) is 12.1 Å². The largest absolute Gasteiger partial charge is 0.508 e. The second-order valence-electron chi connectivity index (χ2n) is 8.84. The number of phenols is 1. The van der Waals surface area contributed by atoms with Gasteiger partial charge in [0.15, 0.2) is 0 Å². The number of fused-ring (bicyclic) bond motifs is 1. The summed E-state index contributed by atoms with van der Waals surface area (Å²) in [4.78, 5) is 27.7. The second-order valence-corrected chi connectivity index (χ2v) is 8.84. The molecule has 0 spiro atoms. The highest BCUT2D eigenvalue weighted by Crippen LogP contribution is 2.41. The Hall–Kier alpha value is -3.93. The van der Waals surface area contributed by atoms with Crippen LogP contribution in [0.1, 0.15) is 46.7 Å². The van der Waals surface area contributed by atoms with Crippen LogP contribution in [0.15, 0.2) is 72.3 Å². The van der Waals surface area contributed by atoms with Gasteiger partial charge in [-0.3, -0.25) is 9.59 Å². The standard InChI is InChI=1S/C28H24FNO4/c29-22-11-5-17(6-12-22)16-30-25(19-9-13-23(31)14-10-19)24(27(33)28(30)34)26(32)21-8-7-18-3-1-2-4-20(18)15-21/h5-15,25,31-32H,1-4,16H2/b26-24-. The van der Waals surface area contributed by atoms with Crippen LogP contribution in [0.5, 0.6) is 5.75 Å². The summed E-state index contributed by atoms with van der Waals surface area (Å²) in [5.74, 6) is -2.06. The highest BCUT2D eigenvalue weighted by molar-refractivity contribution is 6.46. The maximum absolute atomic E-state index is 13.4. The lowest BCUT2D eigenvalue weighted by Crippen LogP contribution is -2.29. The fraction of sp³-hybridized carbons (Fsp3) is 0.214. The van der Waals surface area contributed by atoms with E-state index >= 15 is 0 Å².